The molecule has 8 heteroatoms. The molecule has 0 bridgehead atoms. The van der Waals surface area contributed by atoms with E-state index in [2.05, 4.69) is 15.0 Å². The molecule has 0 fully saturated rings. The molecule has 0 amide bonds. The molecular formula is C13H10F3N3O2. The summed E-state index contributed by atoms with van der Waals surface area (Å²) in [4.78, 5) is 22.9. The molecule has 2 rings (SSSR count). The zero-order chi connectivity index (χ0) is 15.5. The van der Waals surface area contributed by atoms with Gasteiger partial charge in [-0.2, -0.15) is 13.2 Å². The lowest BCUT2D eigenvalue weighted by Gasteiger charge is -2.07. The standard InChI is InChI=1S/C13H10F3N3O2/c1-2-21-12(20)11-5-10(18-7-19-11)9-4-3-8(6-17-9)13(14,15)16/h3-7H,2H2,1H3. The number of alkyl halides is 3. The van der Waals surface area contributed by atoms with Crippen LogP contribution >= 0.6 is 0 Å². The fraction of sp³-hybridized carbons (Fsp3) is 0.231. The Balaban J connectivity index is 2.30. The Hall–Kier alpha value is -2.51. The Morgan fingerprint density at radius 2 is 1.95 bits per heavy atom. The van der Waals surface area contributed by atoms with Crippen molar-refractivity contribution in [3.63, 3.8) is 0 Å². The number of carbonyl (C=O) groups is 1. The summed E-state index contributed by atoms with van der Waals surface area (Å²) in [6.07, 6.45) is -2.62. The number of esters is 1. The van der Waals surface area contributed by atoms with Crippen LogP contribution in [0.2, 0.25) is 0 Å². The van der Waals surface area contributed by atoms with Crippen LogP contribution in [0.3, 0.4) is 0 Å². The van der Waals surface area contributed by atoms with Crippen molar-refractivity contribution in [2.45, 2.75) is 13.1 Å². The monoisotopic (exact) mass is 297 g/mol. The maximum Gasteiger partial charge on any atom is 0.417 e. The average molecular weight is 297 g/mol. The molecule has 0 aliphatic rings. The normalized spacial score (nSPS) is 11.2. The Morgan fingerprint density at radius 3 is 2.52 bits per heavy atom. The van der Waals surface area contributed by atoms with Crippen molar-refractivity contribution in [2.75, 3.05) is 6.61 Å². The van der Waals surface area contributed by atoms with E-state index in [4.69, 9.17) is 4.74 Å². The van der Waals surface area contributed by atoms with Crippen molar-refractivity contribution >= 4 is 5.97 Å². The zero-order valence-corrected chi connectivity index (χ0v) is 10.9. The van der Waals surface area contributed by atoms with E-state index in [-0.39, 0.29) is 23.7 Å². The third-order valence-corrected chi connectivity index (χ3v) is 2.50. The van der Waals surface area contributed by atoms with Gasteiger partial charge in [0.1, 0.15) is 6.33 Å². The van der Waals surface area contributed by atoms with Gasteiger partial charge in [0.25, 0.3) is 0 Å². The number of pyridine rings is 1. The van der Waals surface area contributed by atoms with E-state index in [9.17, 15) is 18.0 Å². The van der Waals surface area contributed by atoms with E-state index in [0.717, 1.165) is 12.4 Å². The lowest BCUT2D eigenvalue weighted by atomic mass is 10.2. The highest BCUT2D eigenvalue weighted by Crippen LogP contribution is 2.29. The predicted octanol–water partition coefficient (Wildman–Crippen LogP) is 2.73. The average Bonchev–Trinajstić information content (AvgIpc) is 2.47. The van der Waals surface area contributed by atoms with Crippen molar-refractivity contribution in [2.24, 2.45) is 0 Å². The number of nitrogens with zero attached hydrogens (tertiary/aromatic N) is 3. The summed E-state index contributed by atoms with van der Waals surface area (Å²) < 4.78 is 42.1. The number of ether oxygens (including phenoxy) is 1. The molecule has 0 saturated carbocycles. The quantitative estimate of drug-likeness (QED) is 0.815. The Labute approximate surface area is 117 Å². The van der Waals surface area contributed by atoms with Crippen LogP contribution in [0.1, 0.15) is 23.0 Å². The van der Waals surface area contributed by atoms with Crippen LogP contribution in [0.4, 0.5) is 13.2 Å². The molecule has 0 saturated heterocycles. The van der Waals surface area contributed by atoms with E-state index in [1.54, 1.807) is 6.92 Å². The minimum atomic E-state index is -4.45. The highest BCUT2D eigenvalue weighted by atomic mass is 19.4. The van der Waals surface area contributed by atoms with Crippen molar-refractivity contribution in [3.8, 4) is 11.4 Å². The number of hydrogen-bond acceptors (Lipinski definition) is 5. The first-order valence-electron chi connectivity index (χ1n) is 5.94. The number of halogens is 3. The summed E-state index contributed by atoms with van der Waals surface area (Å²) >= 11 is 0. The molecule has 110 valence electrons. The van der Waals surface area contributed by atoms with E-state index < -0.39 is 17.7 Å². The fourth-order valence-electron chi connectivity index (χ4n) is 1.53. The summed E-state index contributed by atoms with van der Waals surface area (Å²) in [5.41, 5.74) is -0.396. The molecule has 0 aliphatic heterocycles. The SMILES string of the molecule is CCOC(=O)c1cc(-c2ccc(C(F)(F)F)cn2)ncn1. The van der Waals surface area contributed by atoms with Crippen molar-refractivity contribution < 1.29 is 22.7 Å². The van der Waals surface area contributed by atoms with E-state index in [0.29, 0.717) is 6.20 Å². The van der Waals surface area contributed by atoms with Gasteiger partial charge in [-0.25, -0.2) is 14.8 Å². The second-order valence-electron chi connectivity index (χ2n) is 3.94. The summed E-state index contributed by atoms with van der Waals surface area (Å²) in [5.74, 6) is -0.631. The summed E-state index contributed by atoms with van der Waals surface area (Å²) in [6.45, 7) is 1.84. The molecule has 21 heavy (non-hydrogen) atoms. The van der Waals surface area contributed by atoms with Crippen molar-refractivity contribution in [1.82, 2.24) is 15.0 Å². The largest absolute Gasteiger partial charge is 0.461 e. The van der Waals surface area contributed by atoms with Gasteiger partial charge < -0.3 is 4.74 Å². The van der Waals surface area contributed by atoms with Crippen LogP contribution in [0, 0.1) is 0 Å². The first-order chi connectivity index (χ1) is 9.91. The smallest absolute Gasteiger partial charge is 0.417 e. The van der Waals surface area contributed by atoms with Gasteiger partial charge in [0, 0.05) is 6.20 Å². The van der Waals surface area contributed by atoms with E-state index in [1.807, 2.05) is 0 Å². The van der Waals surface area contributed by atoms with Gasteiger partial charge in [0.2, 0.25) is 0 Å². The molecule has 2 aromatic rings. The van der Waals surface area contributed by atoms with Crippen LogP contribution in [-0.4, -0.2) is 27.5 Å². The lowest BCUT2D eigenvalue weighted by Crippen LogP contribution is -2.08. The van der Waals surface area contributed by atoms with Crippen LogP contribution in [0.25, 0.3) is 11.4 Å². The maximum atomic E-state index is 12.4. The minimum absolute atomic E-state index is 0.0172. The van der Waals surface area contributed by atoms with Gasteiger partial charge in [-0.05, 0) is 25.1 Å². The predicted molar refractivity (Wildman–Crippen MR) is 66.2 cm³/mol. The molecule has 5 nitrogen and oxygen atoms in total. The highest BCUT2D eigenvalue weighted by Gasteiger charge is 2.30. The fourth-order valence-corrected chi connectivity index (χ4v) is 1.53. The van der Waals surface area contributed by atoms with Gasteiger partial charge in [-0.3, -0.25) is 4.98 Å². The van der Waals surface area contributed by atoms with Crippen LogP contribution in [0.5, 0.6) is 0 Å². The van der Waals surface area contributed by atoms with Gasteiger partial charge in [0.05, 0.1) is 23.6 Å². The summed E-state index contributed by atoms with van der Waals surface area (Å²) in [5, 5.41) is 0. The van der Waals surface area contributed by atoms with Gasteiger partial charge >= 0.3 is 12.1 Å². The zero-order valence-electron chi connectivity index (χ0n) is 10.9. The molecule has 0 unspecified atom stereocenters. The lowest BCUT2D eigenvalue weighted by molar-refractivity contribution is -0.137. The maximum absolute atomic E-state index is 12.4. The summed E-state index contributed by atoms with van der Waals surface area (Å²) in [7, 11) is 0. The van der Waals surface area contributed by atoms with Crippen LogP contribution in [-0.2, 0) is 10.9 Å². The molecule has 0 aliphatic carbocycles. The Bertz CT molecular complexity index is 642. The third kappa shape index (κ3) is 3.53. The summed E-state index contributed by atoms with van der Waals surface area (Å²) in [6, 6.07) is 3.39. The van der Waals surface area contributed by atoms with Gasteiger partial charge in [-0.1, -0.05) is 0 Å². The second kappa shape index (κ2) is 5.86. The first-order valence-corrected chi connectivity index (χ1v) is 5.94. The number of rotatable bonds is 3. The molecule has 0 aromatic carbocycles. The Morgan fingerprint density at radius 1 is 1.19 bits per heavy atom. The number of carbonyl (C=O) groups excluding carboxylic acids is 1. The van der Waals surface area contributed by atoms with Gasteiger partial charge in [-0.15, -0.1) is 0 Å². The van der Waals surface area contributed by atoms with E-state index in [1.165, 1.54) is 12.1 Å². The Kier molecular flexibility index (Phi) is 4.15. The second-order valence-corrected chi connectivity index (χ2v) is 3.94. The van der Waals surface area contributed by atoms with Gasteiger partial charge in [0.15, 0.2) is 5.69 Å². The molecule has 2 heterocycles. The minimum Gasteiger partial charge on any atom is -0.461 e. The molecule has 2 aromatic heterocycles. The van der Waals surface area contributed by atoms with Crippen molar-refractivity contribution in [1.29, 1.82) is 0 Å². The number of aromatic nitrogens is 3. The van der Waals surface area contributed by atoms with E-state index >= 15 is 0 Å². The molecule has 0 radical (unpaired) electrons. The highest BCUT2D eigenvalue weighted by molar-refractivity contribution is 5.88. The molecule has 0 N–H and O–H groups in total. The topological polar surface area (TPSA) is 65.0 Å². The molecule has 0 atom stereocenters. The van der Waals surface area contributed by atoms with Crippen LogP contribution in [0.15, 0.2) is 30.7 Å². The number of hydrogen-bond donors (Lipinski definition) is 0. The third-order valence-electron chi connectivity index (χ3n) is 2.50. The molecule has 0 spiro atoms. The first kappa shape index (κ1) is 14.9. The van der Waals surface area contributed by atoms with Crippen molar-refractivity contribution in [3.05, 3.63) is 42.0 Å². The molecular weight excluding hydrogens is 287 g/mol. The van der Waals surface area contributed by atoms with Crippen LogP contribution < -0.4 is 0 Å².